The zero-order valence-corrected chi connectivity index (χ0v) is 16.4. The summed E-state index contributed by atoms with van der Waals surface area (Å²) in [6.45, 7) is 2.91. The molecule has 0 aromatic heterocycles. The van der Waals surface area contributed by atoms with Crippen molar-refractivity contribution in [1.82, 2.24) is 10.6 Å². The van der Waals surface area contributed by atoms with Crippen LogP contribution in [-0.2, 0) is 13.1 Å². The van der Waals surface area contributed by atoms with Crippen LogP contribution in [0.1, 0.15) is 16.7 Å². The summed E-state index contributed by atoms with van der Waals surface area (Å²) in [6.07, 6.45) is 0. The lowest BCUT2D eigenvalue weighted by Crippen LogP contribution is -2.36. The first-order valence-corrected chi connectivity index (χ1v) is 7.45. The van der Waals surface area contributed by atoms with Gasteiger partial charge in [0.25, 0.3) is 0 Å². The van der Waals surface area contributed by atoms with Gasteiger partial charge in [0, 0.05) is 20.1 Å². The molecule has 2 N–H and O–H groups in total. The van der Waals surface area contributed by atoms with Crippen molar-refractivity contribution in [2.24, 2.45) is 4.99 Å². The number of ether oxygens (including phenoxy) is 1. The molecule has 24 heavy (non-hydrogen) atoms. The summed E-state index contributed by atoms with van der Waals surface area (Å²) in [6, 6.07) is 13.1. The summed E-state index contributed by atoms with van der Waals surface area (Å²) in [5, 5.41) is 6.40. The normalized spacial score (nSPS) is 10.8. The SMILES string of the molecule is CN=C(NCc1ccc(OC)cc1)NCc1ccc(C)c(F)c1.I. The van der Waals surface area contributed by atoms with Gasteiger partial charge in [0.1, 0.15) is 11.6 Å². The molecule has 2 aromatic carbocycles. The van der Waals surface area contributed by atoms with Crippen molar-refractivity contribution >= 4 is 29.9 Å². The Morgan fingerprint density at radius 2 is 1.62 bits per heavy atom. The van der Waals surface area contributed by atoms with Gasteiger partial charge < -0.3 is 15.4 Å². The molecule has 0 fully saturated rings. The second-order valence-electron chi connectivity index (χ2n) is 5.21. The van der Waals surface area contributed by atoms with Gasteiger partial charge in [-0.25, -0.2) is 4.39 Å². The van der Waals surface area contributed by atoms with Crippen LogP contribution in [0, 0.1) is 12.7 Å². The lowest BCUT2D eigenvalue weighted by molar-refractivity contribution is 0.414. The number of benzene rings is 2. The zero-order chi connectivity index (χ0) is 16.7. The Hall–Kier alpha value is -1.83. The van der Waals surface area contributed by atoms with Gasteiger partial charge in [0.15, 0.2) is 5.96 Å². The van der Waals surface area contributed by atoms with E-state index in [0.29, 0.717) is 24.6 Å². The highest BCUT2D eigenvalue weighted by Gasteiger charge is 2.02. The summed E-state index contributed by atoms with van der Waals surface area (Å²) in [5.74, 6) is 1.31. The van der Waals surface area contributed by atoms with Gasteiger partial charge in [-0.1, -0.05) is 24.3 Å². The first kappa shape index (κ1) is 20.2. The first-order chi connectivity index (χ1) is 11.1. The van der Waals surface area contributed by atoms with Gasteiger partial charge in [-0.15, -0.1) is 24.0 Å². The van der Waals surface area contributed by atoms with Crippen LogP contribution in [0.5, 0.6) is 5.75 Å². The van der Waals surface area contributed by atoms with Crippen LogP contribution in [0.3, 0.4) is 0 Å². The van der Waals surface area contributed by atoms with E-state index in [2.05, 4.69) is 15.6 Å². The van der Waals surface area contributed by atoms with Crippen LogP contribution in [0.4, 0.5) is 4.39 Å². The molecule has 0 saturated heterocycles. The van der Waals surface area contributed by atoms with Gasteiger partial charge in [0.05, 0.1) is 7.11 Å². The molecule has 0 aliphatic heterocycles. The van der Waals surface area contributed by atoms with Crippen molar-refractivity contribution < 1.29 is 9.13 Å². The molecule has 0 radical (unpaired) electrons. The lowest BCUT2D eigenvalue weighted by atomic mass is 10.1. The van der Waals surface area contributed by atoms with Crippen LogP contribution < -0.4 is 15.4 Å². The fourth-order valence-corrected chi connectivity index (χ4v) is 2.08. The Morgan fingerprint density at radius 1 is 1.04 bits per heavy atom. The molecule has 0 unspecified atom stereocenters. The number of nitrogens with zero attached hydrogens (tertiary/aromatic N) is 1. The highest BCUT2D eigenvalue weighted by atomic mass is 127. The molecule has 2 rings (SSSR count). The number of guanidine groups is 1. The quantitative estimate of drug-likeness (QED) is 0.422. The Kier molecular flexibility index (Phi) is 8.53. The monoisotopic (exact) mass is 443 g/mol. The maximum atomic E-state index is 13.5. The van der Waals surface area contributed by atoms with Gasteiger partial charge in [-0.2, -0.15) is 0 Å². The molecule has 0 spiro atoms. The van der Waals surface area contributed by atoms with Crippen molar-refractivity contribution in [2.75, 3.05) is 14.2 Å². The van der Waals surface area contributed by atoms with E-state index in [4.69, 9.17) is 4.74 Å². The van der Waals surface area contributed by atoms with Crippen molar-refractivity contribution in [3.63, 3.8) is 0 Å². The molecule has 0 heterocycles. The third-order valence-corrected chi connectivity index (χ3v) is 3.54. The molecular weight excluding hydrogens is 420 g/mol. The average molecular weight is 443 g/mol. The molecule has 0 bridgehead atoms. The van der Waals surface area contributed by atoms with E-state index in [9.17, 15) is 4.39 Å². The summed E-state index contributed by atoms with van der Waals surface area (Å²) in [4.78, 5) is 4.17. The smallest absolute Gasteiger partial charge is 0.191 e. The number of aliphatic imine (C=N–C) groups is 1. The number of hydrogen-bond donors (Lipinski definition) is 2. The molecule has 0 aliphatic carbocycles. The van der Waals surface area contributed by atoms with Crippen LogP contribution >= 0.6 is 24.0 Å². The highest BCUT2D eigenvalue weighted by molar-refractivity contribution is 14.0. The average Bonchev–Trinajstić information content (AvgIpc) is 2.58. The Bertz CT molecular complexity index is 674. The summed E-state index contributed by atoms with van der Waals surface area (Å²) < 4.78 is 18.7. The number of methoxy groups -OCH3 is 1. The van der Waals surface area contributed by atoms with E-state index in [0.717, 1.165) is 16.9 Å². The fraction of sp³-hybridized carbons (Fsp3) is 0.278. The molecule has 130 valence electrons. The van der Waals surface area contributed by atoms with E-state index < -0.39 is 0 Å². The molecule has 4 nitrogen and oxygen atoms in total. The predicted molar refractivity (Wildman–Crippen MR) is 107 cm³/mol. The number of nitrogens with one attached hydrogen (secondary N) is 2. The maximum Gasteiger partial charge on any atom is 0.191 e. The van der Waals surface area contributed by atoms with Gasteiger partial charge in [-0.3, -0.25) is 4.99 Å². The third kappa shape index (κ3) is 5.99. The Labute approximate surface area is 159 Å². The Morgan fingerprint density at radius 3 is 2.17 bits per heavy atom. The predicted octanol–water partition coefficient (Wildman–Crippen LogP) is 3.63. The number of halogens is 2. The van der Waals surface area contributed by atoms with Crippen LogP contribution in [0.2, 0.25) is 0 Å². The minimum atomic E-state index is -0.189. The number of hydrogen-bond acceptors (Lipinski definition) is 2. The lowest BCUT2D eigenvalue weighted by Gasteiger charge is -2.12. The first-order valence-electron chi connectivity index (χ1n) is 7.45. The number of aryl methyl sites for hydroxylation is 1. The molecule has 2 aromatic rings. The van der Waals surface area contributed by atoms with Gasteiger partial charge in [-0.05, 0) is 41.8 Å². The second-order valence-corrected chi connectivity index (χ2v) is 5.21. The van der Waals surface area contributed by atoms with Crippen molar-refractivity contribution in [1.29, 1.82) is 0 Å². The Balaban J connectivity index is 0.00000288. The van der Waals surface area contributed by atoms with Crippen molar-refractivity contribution in [3.8, 4) is 5.75 Å². The minimum absolute atomic E-state index is 0. The van der Waals surface area contributed by atoms with Crippen LogP contribution in [0.25, 0.3) is 0 Å². The topological polar surface area (TPSA) is 45.7 Å². The van der Waals surface area contributed by atoms with E-state index in [1.54, 1.807) is 33.2 Å². The summed E-state index contributed by atoms with van der Waals surface area (Å²) >= 11 is 0. The van der Waals surface area contributed by atoms with E-state index in [1.165, 1.54) is 0 Å². The van der Waals surface area contributed by atoms with Crippen molar-refractivity contribution in [3.05, 3.63) is 65.0 Å². The maximum absolute atomic E-state index is 13.5. The van der Waals surface area contributed by atoms with Crippen molar-refractivity contribution in [2.45, 2.75) is 20.0 Å². The highest BCUT2D eigenvalue weighted by Crippen LogP contribution is 2.11. The van der Waals surface area contributed by atoms with E-state index in [1.807, 2.05) is 30.3 Å². The summed E-state index contributed by atoms with van der Waals surface area (Å²) in [7, 11) is 3.35. The van der Waals surface area contributed by atoms with Crippen LogP contribution in [0.15, 0.2) is 47.5 Å². The largest absolute Gasteiger partial charge is 0.497 e. The molecule has 6 heteroatoms. The molecule has 0 atom stereocenters. The molecule has 0 aliphatic rings. The van der Waals surface area contributed by atoms with Gasteiger partial charge in [0.2, 0.25) is 0 Å². The third-order valence-electron chi connectivity index (χ3n) is 3.54. The van der Waals surface area contributed by atoms with E-state index in [-0.39, 0.29) is 29.8 Å². The number of rotatable bonds is 5. The molecule has 0 amide bonds. The molecular formula is C18H23FIN3O. The van der Waals surface area contributed by atoms with E-state index >= 15 is 0 Å². The zero-order valence-electron chi connectivity index (χ0n) is 14.1. The van der Waals surface area contributed by atoms with Crippen LogP contribution in [-0.4, -0.2) is 20.1 Å². The standard InChI is InChI=1S/C18H22FN3O.HI/c1-13-4-5-15(10-17(13)19)12-22-18(20-2)21-11-14-6-8-16(23-3)9-7-14;/h4-10H,11-12H2,1-3H3,(H2,20,21,22);1H. The minimum Gasteiger partial charge on any atom is -0.497 e. The molecule has 0 saturated carbocycles. The second kappa shape index (κ2) is 10.1. The summed E-state index contributed by atoms with van der Waals surface area (Å²) in [5.41, 5.74) is 2.64. The van der Waals surface area contributed by atoms with Gasteiger partial charge >= 0.3 is 0 Å². The fourth-order valence-electron chi connectivity index (χ4n) is 2.08.